The first-order chi connectivity index (χ1) is 10.2. The maximum absolute atomic E-state index is 13.1. The van der Waals surface area contributed by atoms with Gasteiger partial charge in [-0.2, -0.15) is 48.3 Å². The molecule has 0 saturated heterocycles. The lowest BCUT2D eigenvalue weighted by Crippen LogP contribution is -2.53. The Labute approximate surface area is 127 Å². The molecule has 0 aromatic heterocycles. The van der Waals surface area contributed by atoms with Crippen LogP contribution in [0.25, 0.3) is 0 Å². The van der Waals surface area contributed by atoms with Gasteiger partial charge >= 0.3 is 29.9 Å². The van der Waals surface area contributed by atoms with Gasteiger partial charge < -0.3 is 0 Å². The fraction of sp³-hybridized carbons (Fsp3) is 1.00. The van der Waals surface area contributed by atoms with Gasteiger partial charge in [0.2, 0.25) is 0 Å². The molecule has 0 amide bonds. The summed E-state index contributed by atoms with van der Waals surface area (Å²) in [6.45, 7) is 0.611. The Balaban J connectivity index is 5.45. The minimum Gasteiger partial charge on any atom is -0.207 e. The lowest BCUT2D eigenvalue weighted by molar-refractivity contribution is -0.308. The van der Waals surface area contributed by atoms with Crippen LogP contribution in [-0.4, -0.2) is 35.8 Å². The molecule has 0 N–H and O–H groups in total. The van der Waals surface area contributed by atoms with Crippen LogP contribution in [0, 0.1) is 0 Å². The molecule has 0 radical (unpaired) electrons. The van der Waals surface area contributed by atoms with E-state index in [9.17, 15) is 57.1 Å². The van der Waals surface area contributed by atoms with Crippen molar-refractivity contribution in [1.29, 1.82) is 0 Å². The molecule has 13 heteroatoms. The average molecular weight is 390 g/mol. The van der Waals surface area contributed by atoms with Gasteiger partial charge in [0.05, 0.1) is 12.8 Å². The molecule has 0 spiro atoms. The molecule has 0 saturated carbocycles. The molecule has 0 nitrogen and oxygen atoms in total. The number of alkyl halides is 13. The van der Waals surface area contributed by atoms with Gasteiger partial charge in [0.1, 0.15) is 6.42 Å². The van der Waals surface area contributed by atoms with Gasteiger partial charge in [-0.05, 0) is 0 Å². The Morgan fingerprint density at radius 3 is 1.04 bits per heavy atom. The Hall–Kier alpha value is -0.910. The highest BCUT2D eigenvalue weighted by Gasteiger charge is 2.69. The van der Waals surface area contributed by atoms with Crippen LogP contribution in [0.4, 0.5) is 57.1 Å². The van der Waals surface area contributed by atoms with E-state index in [1.54, 1.807) is 0 Å². The van der Waals surface area contributed by atoms with Crippen molar-refractivity contribution in [2.75, 3.05) is 0 Å². The van der Waals surface area contributed by atoms with E-state index < -0.39 is 61.5 Å². The van der Waals surface area contributed by atoms with Gasteiger partial charge in [-0.3, -0.25) is 0 Å². The summed E-state index contributed by atoms with van der Waals surface area (Å²) >= 11 is 0. The monoisotopic (exact) mass is 390 g/mol. The van der Waals surface area contributed by atoms with E-state index in [4.69, 9.17) is 0 Å². The van der Waals surface area contributed by atoms with Crippen molar-refractivity contribution in [1.82, 2.24) is 0 Å². The zero-order valence-electron chi connectivity index (χ0n) is 11.7. The van der Waals surface area contributed by atoms with Crippen LogP contribution in [0.1, 0.15) is 32.6 Å². The summed E-state index contributed by atoms with van der Waals surface area (Å²) in [6, 6.07) is 0. The van der Waals surface area contributed by atoms with E-state index in [-0.39, 0.29) is 0 Å². The van der Waals surface area contributed by atoms with Crippen LogP contribution in [0.2, 0.25) is 0 Å². The number of hydrogen-bond acceptors (Lipinski definition) is 0. The fourth-order valence-corrected chi connectivity index (χ4v) is 1.50. The second-order valence-electron chi connectivity index (χ2n) is 5.17. The summed E-state index contributed by atoms with van der Waals surface area (Å²) in [6.07, 6.45) is -17.5. The molecule has 146 valence electrons. The number of rotatable bonds is 8. The summed E-state index contributed by atoms with van der Waals surface area (Å²) in [5.74, 6) is -28.7. The third-order valence-corrected chi connectivity index (χ3v) is 2.93. The minimum absolute atomic E-state index is 0.611. The van der Waals surface area contributed by atoms with Gasteiger partial charge in [0.25, 0.3) is 5.92 Å². The van der Waals surface area contributed by atoms with Gasteiger partial charge in [-0.15, -0.1) is 0 Å². The molecule has 24 heavy (non-hydrogen) atoms. The summed E-state index contributed by atoms with van der Waals surface area (Å²) < 4.78 is 165. The van der Waals surface area contributed by atoms with Crippen molar-refractivity contribution in [2.45, 2.75) is 68.4 Å². The van der Waals surface area contributed by atoms with Crippen LogP contribution in [-0.2, 0) is 0 Å². The average Bonchev–Trinajstić information content (AvgIpc) is 2.22. The highest BCUT2D eigenvalue weighted by molar-refractivity contribution is 4.97. The largest absolute Gasteiger partial charge is 0.395 e. The van der Waals surface area contributed by atoms with Crippen molar-refractivity contribution in [3.63, 3.8) is 0 Å². The zero-order valence-corrected chi connectivity index (χ0v) is 11.7. The molecule has 0 aliphatic carbocycles. The minimum atomic E-state index is -6.21. The van der Waals surface area contributed by atoms with E-state index in [1.165, 1.54) is 0 Å². The Morgan fingerprint density at radius 1 is 0.458 bits per heavy atom. The molecular weight excluding hydrogens is 379 g/mol. The molecule has 0 atom stereocenters. The maximum Gasteiger partial charge on any atom is 0.395 e. The fourth-order valence-electron chi connectivity index (χ4n) is 1.50. The van der Waals surface area contributed by atoms with Crippen molar-refractivity contribution in [3.05, 3.63) is 0 Å². The van der Waals surface area contributed by atoms with Crippen LogP contribution in [0.5, 0.6) is 0 Å². The molecular formula is C11H11F13. The smallest absolute Gasteiger partial charge is 0.207 e. The summed E-state index contributed by atoms with van der Waals surface area (Å²) in [4.78, 5) is 0. The van der Waals surface area contributed by atoms with Crippen LogP contribution < -0.4 is 0 Å². The quantitative estimate of drug-likeness (QED) is 0.427. The predicted octanol–water partition coefficient (Wildman–Crippen LogP) is 6.31. The third kappa shape index (κ3) is 5.87. The van der Waals surface area contributed by atoms with Crippen molar-refractivity contribution in [2.24, 2.45) is 0 Å². The first-order valence-corrected chi connectivity index (χ1v) is 6.14. The van der Waals surface area contributed by atoms with Crippen LogP contribution >= 0.6 is 0 Å². The zero-order chi connectivity index (χ0) is 19.8. The summed E-state index contributed by atoms with van der Waals surface area (Å²) in [5.41, 5.74) is 0. The van der Waals surface area contributed by atoms with E-state index in [0.29, 0.717) is 6.92 Å². The standard InChI is InChI=1S/C11H11F13/c1-2-6(12,13)3-7(14,15)8(16,17)4-9(18,19)10(20,21)5-11(22,23)24/h2-5H2,1H3. The first kappa shape index (κ1) is 23.1. The molecule has 0 rings (SSSR count). The molecule has 0 heterocycles. The normalized spacial score (nSPS) is 15.8. The molecule has 0 aromatic rings. The molecule has 0 unspecified atom stereocenters. The lowest BCUT2D eigenvalue weighted by Gasteiger charge is -2.34. The van der Waals surface area contributed by atoms with Gasteiger partial charge in [-0.1, -0.05) is 6.92 Å². The van der Waals surface area contributed by atoms with Crippen molar-refractivity contribution >= 4 is 0 Å². The van der Waals surface area contributed by atoms with Gasteiger partial charge in [0.15, 0.2) is 0 Å². The maximum atomic E-state index is 13.1. The first-order valence-electron chi connectivity index (χ1n) is 6.14. The number of halogens is 13. The topological polar surface area (TPSA) is 0 Å². The molecule has 0 aromatic carbocycles. The molecule has 0 fully saturated rings. The molecule has 0 bridgehead atoms. The lowest BCUT2D eigenvalue weighted by atomic mass is 9.94. The molecule has 0 aliphatic heterocycles. The molecule has 0 aliphatic rings. The van der Waals surface area contributed by atoms with E-state index in [2.05, 4.69) is 0 Å². The van der Waals surface area contributed by atoms with Crippen molar-refractivity contribution in [3.8, 4) is 0 Å². The highest BCUT2D eigenvalue weighted by Crippen LogP contribution is 2.52. The SMILES string of the molecule is CCC(F)(F)CC(F)(F)C(F)(F)CC(F)(F)C(F)(F)CC(F)(F)F. The predicted molar refractivity (Wildman–Crippen MR) is 54.9 cm³/mol. The summed E-state index contributed by atoms with van der Waals surface area (Å²) in [5, 5.41) is 0. The van der Waals surface area contributed by atoms with E-state index >= 15 is 0 Å². The van der Waals surface area contributed by atoms with Gasteiger partial charge in [0, 0.05) is 6.42 Å². The third-order valence-electron chi connectivity index (χ3n) is 2.93. The Kier molecular flexibility index (Phi) is 6.19. The van der Waals surface area contributed by atoms with Crippen LogP contribution in [0.3, 0.4) is 0 Å². The van der Waals surface area contributed by atoms with Crippen LogP contribution in [0.15, 0.2) is 0 Å². The summed E-state index contributed by atoms with van der Waals surface area (Å²) in [7, 11) is 0. The van der Waals surface area contributed by atoms with Gasteiger partial charge in [-0.25, -0.2) is 8.78 Å². The van der Waals surface area contributed by atoms with Crippen molar-refractivity contribution < 1.29 is 57.1 Å². The highest BCUT2D eigenvalue weighted by atomic mass is 19.4. The second kappa shape index (κ2) is 6.43. The Morgan fingerprint density at radius 2 is 0.750 bits per heavy atom. The van der Waals surface area contributed by atoms with E-state index in [0.717, 1.165) is 0 Å². The van der Waals surface area contributed by atoms with E-state index in [1.807, 2.05) is 0 Å². The number of hydrogen-bond donors (Lipinski definition) is 0. The Bertz CT molecular complexity index is 420. The second-order valence-corrected chi connectivity index (χ2v) is 5.17.